The SMILES string of the molecule is Nc1nc(N(CCO)CCO)ncc1[N+](=O)[O-]. The van der Waals surface area contributed by atoms with Gasteiger partial charge < -0.3 is 20.8 Å². The molecule has 0 fully saturated rings. The fourth-order valence-corrected chi connectivity index (χ4v) is 1.23. The molecule has 4 N–H and O–H groups in total. The molecule has 0 unspecified atom stereocenters. The average molecular weight is 243 g/mol. The minimum atomic E-state index is -0.679. The Balaban J connectivity index is 2.97. The first kappa shape index (κ1) is 13.1. The van der Waals surface area contributed by atoms with Gasteiger partial charge in [-0.15, -0.1) is 0 Å². The Morgan fingerprint density at radius 2 is 2.00 bits per heavy atom. The van der Waals surface area contributed by atoms with Crippen molar-refractivity contribution in [2.75, 3.05) is 36.9 Å². The zero-order valence-corrected chi connectivity index (χ0v) is 8.98. The van der Waals surface area contributed by atoms with Crippen LogP contribution in [0.2, 0.25) is 0 Å². The van der Waals surface area contributed by atoms with Crippen LogP contribution < -0.4 is 10.6 Å². The Labute approximate surface area is 96.7 Å². The first-order chi connectivity index (χ1) is 8.10. The van der Waals surface area contributed by atoms with Gasteiger partial charge in [0.1, 0.15) is 6.20 Å². The number of nitrogen functional groups attached to an aromatic ring is 1. The standard InChI is InChI=1S/C8H13N5O4/c9-7-6(13(16)17)5-10-8(11-7)12(1-3-14)2-4-15/h5,14-15H,1-4H2,(H2,9,10,11). The zero-order valence-electron chi connectivity index (χ0n) is 8.98. The highest BCUT2D eigenvalue weighted by molar-refractivity contribution is 5.53. The second-order valence-corrected chi connectivity index (χ2v) is 3.13. The largest absolute Gasteiger partial charge is 0.395 e. The Kier molecular flexibility index (Phi) is 4.55. The van der Waals surface area contributed by atoms with Crippen molar-refractivity contribution in [3.63, 3.8) is 0 Å². The summed E-state index contributed by atoms with van der Waals surface area (Å²) in [6.07, 6.45) is 0.999. The van der Waals surface area contributed by atoms with Crippen LogP contribution in [0, 0.1) is 10.1 Å². The lowest BCUT2D eigenvalue weighted by Crippen LogP contribution is -2.31. The highest BCUT2D eigenvalue weighted by Crippen LogP contribution is 2.19. The quantitative estimate of drug-likeness (QED) is 0.416. The Hall–Kier alpha value is -2.00. The molecule has 9 nitrogen and oxygen atoms in total. The van der Waals surface area contributed by atoms with Gasteiger partial charge in [0.25, 0.3) is 0 Å². The molecule has 1 rings (SSSR count). The normalized spacial score (nSPS) is 10.2. The lowest BCUT2D eigenvalue weighted by Gasteiger charge is -2.20. The number of aliphatic hydroxyl groups excluding tert-OH is 2. The molecule has 0 amide bonds. The van der Waals surface area contributed by atoms with Crippen molar-refractivity contribution in [1.29, 1.82) is 0 Å². The summed E-state index contributed by atoms with van der Waals surface area (Å²) in [5, 5.41) is 28.1. The number of nitrogens with zero attached hydrogens (tertiary/aromatic N) is 4. The van der Waals surface area contributed by atoms with Crippen LogP contribution in [0.3, 0.4) is 0 Å². The van der Waals surface area contributed by atoms with Crippen LogP contribution in [-0.4, -0.2) is 51.4 Å². The van der Waals surface area contributed by atoms with Gasteiger partial charge in [0, 0.05) is 13.1 Å². The van der Waals surface area contributed by atoms with Crippen LogP contribution in [0.5, 0.6) is 0 Å². The minimum absolute atomic E-state index is 0.135. The Bertz CT molecular complexity index is 394. The predicted octanol–water partition coefficient (Wildman–Crippen LogP) is -1.24. The lowest BCUT2D eigenvalue weighted by atomic mass is 10.4. The number of nitrogens with two attached hydrogens (primary N) is 1. The molecule has 0 aliphatic carbocycles. The van der Waals surface area contributed by atoms with E-state index in [1.165, 1.54) is 4.90 Å². The fourth-order valence-electron chi connectivity index (χ4n) is 1.23. The van der Waals surface area contributed by atoms with Gasteiger partial charge in [-0.2, -0.15) is 4.98 Å². The first-order valence-corrected chi connectivity index (χ1v) is 4.83. The number of rotatable bonds is 6. The number of aliphatic hydroxyl groups is 2. The van der Waals surface area contributed by atoms with Gasteiger partial charge >= 0.3 is 5.69 Å². The lowest BCUT2D eigenvalue weighted by molar-refractivity contribution is -0.384. The Morgan fingerprint density at radius 1 is 1.41 bits per heavy atom. The molecule has 0 saturated heterocycles. The van der Waals surface area contributed by atoms with E-state index < -0.39 is 4.92 Å². The monoisotopic (exact) mass is 243 g/mol. The van der Waals surface area contributed by atoms with Crippen molar-refractivity contribution in [3.05, 3.63) is 16.3 Å². The van der Waals surface area contributed by atoms with E-state index in [0.29, 0.717) is 0 Å². The van der Waals surface area contributed by atoms with E-state index in [1.54, 1.807) is 0 Å². The Morgan fingerprint density at radius 3 is 2.41 bits per heavy atom. The molecule has 0 aromatic carbocycles. The van der Waals surface area contributed by atoms with Crippen molar-refractivity contribution in [2.45, 2.75) is 0 Å². The summed E-state index contributed by atoms with van der Waals surface area (Å²) in [4.78, 5) is 18.8. The summed E-state index contributed by atoms with van der Waals surface area (Å²) in [5.41, 5.74) is 5.03. The third kappa shape index (κ3) is 3.23. The average Bonchev–Trinajstić information content (AvgIpc) is 2.28. The van der Waals surface area contributed by atoms with E-state index in [1.807, 2.05) is 0 Å². The van der Waals surface area contributed by atoms with Gasteiger partial charge in [0.2, 0.25) is 11.8 Å². The van der Waals surface area contributed by atoms with E-state index in [0.717, 1.165) is 6.20 Å². The van der Waals surface area contributed by atoms with Crippen LogP contribution in [0.1, 0.15) is 0 Å². The van der Waals surface area contributed by atoms with Crippen LogP contribution >= 0.6 is 0 Å². The summed E-state index contributed by atoms with van der Waals surface area (Å²) < 4.78 is 0. The molecule has 9 heteroatoms. The van der Waals surface area contributed by atoms with E-state index in [4.69, 9.17) is 15.9 Å². The third-order valence-electron chi connectivity index (χ3n) is 2.00. The zero-order chi connectivity index (χ0) is 12.8. The van der Waals surface area contributed by atoms with Gasteiger partial charge in [-0.25, -0.2) is 4.98 Å². The topological polar surface area (TPSA) is 139 Å². The van der Waals surface area contributed by atoms with Crippen LogP contribution in [0.4, 0.5) is 17.5 Å². The van der Waals surface area contributed by atoms with Crippen molar-refractivity contribution in [1.82, 2.24) is 9.97 Å². The number of anilines is 2. The molecule has 0 aliphatic rings. The molecule has 17 heavy (non-hydrogen) atoms. The number of hydrogen-bond donors (Lipinski definition) is 3. The third-order valence-corrected chi connectivity index (χ3v) is 2.00. The molecule has 0 saturated carbocycles. The molecule has 1 aromatic rings. The molecule has 0 spiro atoms. The van der Waals surface area contributed by atoms with Gasteiger partial charge in [-0.1, -0.05) is 0 Å². The molecule has 1 heterocycles. The maximum absolute atomic E-state index is 10.5. The summed E-state index contributed by atoms with van der Waals surface area (Å²) in [7, 11) is 0. The summed E-state index contributed by atoms with van der Waals surface area (Å²) in [5.74, 6) is -0.114. The molecular formula is C8H13N5O4. The molecule has 0 aliphatic heterocycles. The number of aromatic nitrogens is 2. The van der Waals surface area contributed by atoms with E-state index in [2.05, 4.69) is 9.97 Å². The minimum Gasteiger partial charge on any atom is -0.395 e. The van der Waals surface area contributed by atoms with Crippen molar-refractivity contribution in [3.8, 4) is 0 Å². The van der Waals surface area contributed by atoms with Crippen molar-refractivity contribution in [2.24, 2.45) is 0 Å². The second kappa shape index (κ2) is 5.92. The van der Waals surface area contributed by atoms with E-state index in [9.17, 15) is 10.1 Å². The van der Waals surface area contributed by atoms with Crippen LogP contribution in [0.25, 0.3) is 0 Å². The van der Waals surface area contributed by atoms with E-state index in [-0.39, 0.29) is 43.8 Å². The highest BCUT2D eigenvalue weighted by atomic mass is 16.6. The maximum Gasteiger partial charge on any atom is 0.329 e. The molecular weight excluding hydrogens is 230 g/mol. The van der Waals surface area contributed by atoms with Gasteiger partial charge in [-0.3, -0.25) is 10.1 Å². The number of nitro groups is 1. The molecule has 94 valence electrons. The summed E-state index contributed by atoms with van der Waals surface area (Å²) >= 11 is 0. The van der Waals surface area contributed by atoms with Crippen molar-refractivity contribution >= 4 is 17.5 Å². The first-order valence-electron chi connectivity index (χ1n) is 4.83. The molecule has 0 bridgehead atoms. The predicted molar refractivity (Wildman–Crippen MR) is 59.5 cm³/mol. The second-order valence-electron chi connectivity index (χ2n) is 3.13. The summed E-state index contributed by atoms with van der Waals surface area (Å²) in [6.45, 7) is 0.107. The van der Waals surface area contributed by atoms with Gasteiger partial charge in [0.05, 0.1) is 18.1 Å². The van der Waals surface area contributed by atoms with E-state index >= 15 is 0 Å². The van der Waals surface area contributed by atoms with Gasteiger partial charge in [0.15, 0.2) is 0 Å². The highest BCUT2D eigenvalue weighted by Gasteiger charge is 2.17. The number of hydrogen-bond acceptors (Lipinski definition) is 8. The van der Waals surface area contributed by atoms with Gasteiger partial charge in [-0.05, 0) is 0 Å². The smallest absolute Gasteiger partial charge is 0.329 e. The molecule has 0 atom stereocenters. The van der Waals surface area contributed by atoms with Crippen LogP contribution in [0.15, 0.2) is 6.20 Å². The fraction of sp³-hybridized carbons (Fsp3) is 0.500. The maximum atomic E-state index is 10.5. The van der Waals surface area contributed by atoms with Crippen LogP contribution in [-0.2, 0) is 0 Å². The van der Waals surface area contributed by atoms with Crippen molar-refractivity contribution < 1.29 is 15.1 Å². The molecule has 0 radical (unpaired) electrons. The summed E-state index contributed by atoms with van der Waals surface area (Å²) in [6, 6.07) is 0. The molecule has 1 aromatic heterocycles.